The number of alkyl halides is 3. The van der Waals surface area contributed by atoms with E-state index in [4.69, 9.17) is 5.73 Å². The molecule has 2 rings (SSSR count). The summed E-state index contributed by atoms with van der Waals surface area (Å²) in [5, 5.41) is 5.02. The fraction of sp³-hybridized carbons (Fsp3) is 0.667. The number of aromatic nitrogens is 1. The van der Waals surface area contributed by atoms with Crippen molar-refractivity contribution in [2.45, 2.75) is 19.1 Å². The minimum absolute atomic E-state index is 0. The largest absolute Gasteiger partial charge is 0.401 e. The van der Waals surface area contributed by atoms with Crippen molar-refractivity contribution in [3.8, 4) is 0 Å². The number of halogens is 5. The van der Waals surface area contributed by atoms with E-state index in [1.54, 1.807) is 5.38 Å². The highest BCUT2D eigenvalue weighted by Gasteiger charge is 2.34. The Hall–Kier alpha value is -0.610. The van der Waals surface area contributed by atoms with Crippen molar-refractivity contribution in [1.82, 2.24) is 15.2 Å². The summed E-state index contributed by atoms with van der Waals surface area (Å²) in [6.45, 7) is 0.526. The molecule has 1 saturated heterocycles. The highest BCUT2D eigenvalue weighted by molar-refractivity contribution is 7.09. The van der Waals surface area contributed by atoms with Crippen LogP contribution in [0.25, 0.3) is 0 Å². The Kier molecular flexibility index (Phi) is 9.37. The quantitative estimate of drug-likeness (QED) is 0.801. The summed E-state index contributed by atoms with van der Waals surface area (Å²) >= 11 is 1.31. The molecule has 0 spiro atoms. The number of likely N-dealkylation sites (tertiary alicyclic amines) is 1. The predicted molar refractivity (Wildman–Crippen MR) is 87.4 cm³/mol. The first-order chi connectivity index (χ1) is 9.87. The molecule has 1 aliphatic heterocycles. The van der Waals surface area contributed by atoms with Crippen molar-refractivity contribution in [3.63, 3.8) is 0 Å². The Morgan fingerprint density at radius 1 is 1.48 bits per heavy atom. The number of nitrogens with zero attached hydrogens (tertiary/aromatic N) is 2. The molecular formula is C12H19Cl2F3N4OS. The Morgan fingerprint density at radius 3 is 2.74 bits per heavy atom. The van der Waals surface area contributed by atoms with Crippen molar-refractivity contribution in [1.29, 1.82) is 0 Å². The number of hydrogen-bond acceptors (Lipinski definition) is 5. The molecule has 1 atom stereocenters. The van der Waals surface area contributed by atoms with Gasteiger partial charge in [0.15, 0.2) is 0 Å². The van der Waals surface area contributed by atoms with Crippen LogP contribution in [-0.2, 0) is 6.54 Å². The first-order valence-electron chi connectivity index (χ1n) is 6.59. The number of carbonyl (C=O) groups is 1. The van der Waals surface area contributed by atoms with Crippen molar-refractivity contribution in [2.24, 2.45) is 11.7 Å². The van der Waals surface area contributed by atoms with E-state index < -0.39 is 12.7 Å². The SMILES string of the molecule is Cl.Cl.NCc1nc(C(=O)NCC2CCN(CC(F)(F)F)C2)cs1. The number of carbonyl (C=O) groups excluding carboxylic acids is 1. The molecule has 0 saturated carbocycles. The van der Waals surface area contributed by atoms with Crippen molar-refractivity contribution < 1.29 is 18.0 Å². The van der Waals surface area contributed by atoms with Gasteiger partial charge in [0.2, 0.25) is 0 Å². The van der Waals surface area contributed by atoms with E-state index in [-0.39, 0.29) is 43.2 Å². The topological polar surface area (TPSA) is 71.2 Å². The minimum atomic E-state index is -4.17. The van der Waals surface area contributed by atoms with Crippen LogP contribution in [-0.4, -0.2) is 48.1 Å². The molecule has 0 aliphatic carbocycles. The van der Waals surface area contributed by atoms with E-state index in [2.05, 4.69) is 10.3 Å². The fourth-order valence-corrected chi connectivity index (χ4v) is 2.97. The maximum atomic E-state index is 12.3. The molecule has 1 fully saturated rings. The third-order valence-electron chi connectivity index (χ3n) is 3.28. The lowest BCUT2D eigenvalue weighted by atomic mass is 10.1. The maximum absolute atomic E-state index is 12.3. The molecule has 0 aromatic carbocycles. The van der Waals surface area contributed by atoms with Gasteiger partial charge in [-0.3, -0.25) is 9.69 Å². The Morgan fingerprint density at radius 2 is 2.17 bits per heavy atom. The second-order valence-corrected chi connectivity index (χ2v) is 5.99. The minimum Gasteiger partial charge on any atom is -0.350 e. The molecule has 0 radical (unpaired) electrons. The number of thiazole rings is 1. The monoisotopic (exact) mass is 394 g/mol. The summed E-state index contributed by atoms with van der Waals surface area (Å²) in [6.07, 6.45) is -3.52. The van der Waals surface area contributed by atoms with Crippen LogP contribution < -0.4 is 11.1 Å². The molecule has 1 aliphatic rings. The molecule has 1 amide bonds. The van der Waals surface area contributed by atoms with Gasteiger partial charge in [-0.15, -0.1) is 36.2 Å². The molecule has 1 aromatic rings. The molecule has 23 heavy (non-hydrogen) atoms. The van der Waals surface area contributed by atoms with Crippen LogP contribution >= 0.6 is 36.2 Å². The Labute approximate surface area is 148 Å². The van der Waals surface area contributed by atoms with Crippen LogP contribution in [0.15, 0.2) is 5.38 Å². The summed E-state index contributed by atoms with van der Waals surface area (Å²) in [5.74, 6) is -0.260. The predicted octanol–water partition coefficient (Wildman–Crippen LogP) is 2.06. The van der Waals surface area contributed by atoms with Crippen LogP contribution in [0, 0.1) is 5.92 Å². The van der Waals surface area contributed by atoms with E-state index in [1.165, 1.54) is 16.2 Å². The molecule has 1 unspecified atom stereocenters. The lowest BCUT2D eigenvalue weighted by molar-refractivity contribution is -0.143. The zero-order chi connectivity index (χ0) is 15.5. The molecule has 134 valence electrons. The average molecular weight is 395 g/mol. The van der Waals surface area contributed by atoms with E-state index in [0.717, 1.165) is 0 Å². The molecule has 2 heterocycles. The van der Waals surface area contributed by atoms with Gasteiger partial charge in [-0.05, 0) is 18.9 Å². The number of hydrogen-bond donors (Lipinski definition) is 2. The van der Waals surface area contributed by atoms with Gasteiger partial charge >= 0.3 is 6.18 Å². The van der Waals surface area contributed by atoms with Crippen LogP contribution in [0.2, 0.25) is 0 Å². The fourth-order valence-electron chi connectivity index (χ4n) is 2.31. The molecular weight excluding hydrogens is 376 g/mol. The number of nitrogens with two attached hydrogens (primary N) is 1. The second-order valence-electron chi connectivity index (χ2n) is 5.05. The van der Waals surface area contributed by atoms with Gasteiger partial charge in [0.1, 0.15) is 10.7 Å². The number of nitrogens with one attached hydrogen (secondary N) is 1. The van der Waals surface area contributed by atoms with E-state index in [1.807, 2.05) is 0 Å². The lowest BCUT2D eigenvalue weighted by Crippen LogP contribution is -2.34. The molecule has 0 bridgehead atoms. The van der Waals surface area contributed by atoms with Crippen LogP contribution in [0.5, 0.6) is 0 Å². The highest BCUT2D eigenvalue weighted by atomic mass is 35.5. The summed E-state index contributed by atoms with van der Waals surface area (Å²) in [7, 11) is 0. The van der Waals surface area contributed by atoms with Gasteiger partial charge in [0.25, 0.3) is 5.91 Å². The lowest BCUT2D eigenvalue weighted by Gasteiger charge is -2.17. The first kappa shape index (κ1) is 22.4. The first-order valence-corrected chi connectivity index (χ1v) is 7.47. The van der Waals surface area contributed by atoms with Gasteiger partial charge in [-0.2, -0.15) is 13.2 Å². The molecule has 11 heteroatoms. The van der Waals surface area contributed by atoms with Crippen LogP contribution in [0.1, 0.15) is 21.9 Å². The number of rotatable bonds is 5. The van der Waals surface area contributed by atoms with Gasteiger partial charge in [-0.25, -0.2) is 4.98 Å². The normalized spacial score (nSPS) is 18.2. The standard InChI is InChI=1S/C12H17F3N4OS.2ClH/c13-12(14,15)7-19-2-1-8(5-19)4-17-11(20)9-6-21-10(3-16)18-9;;/h6,8H,1-5,7,16H2,(H,17,20);2*1H. The summed E-state index contributed by atoms with van der Waals surface area (Å²) in [5.41, 5.74) is 5.73. The molecule has 5 nitrogen and oxygen atoms in total. The Bertz CT molecular complexity index is 501. The van der Waals surface area contributed by atoms with E-state index >= 15 is 0 Å². The van der Waals surface area contributed by atoms with E-state index in [9.17, 15) is 18.0 Å². The third kappa shape index (κ3) is 7.21. The molecule has 1 aromatic heterocycles. The van der Waals surface area contributed by atoms with E-state index in [0.29, 0.717) is 36.8 Å². The number of amides is 1. The summed E-state index contributed by atoms with van der Waals surface area (Å²) in [4.78, 5) is 17.3. The summed E-state index contributed by atoms with van der Waals surface area (Å²) in [6, 6.07) is 0. The maximum Gasteiger partial charge on any atom is 0.401 e. The van der Waals surface area contributed by atoms with Crippen molar-refractivity contribution in [3.05, 3.63) is 16.1 Å². The Balaban J connectivity index is 0.00000242. The molecule has 3 N–H and O–H groups in total. The van der Waals surface area contributed by atoms with Crippen molar-refractivity contribution in [2.75, 3.05) is 26.2 Å². The van der Waals surface area contributed by atoms with Crippen LogP contribution in [0.3, 0.4) is 0 Å². The van der Waals surface area contributed by atoms with Gasteiger partial charge < -0.3 is 11.1 Å². The second kappa shape index (κ2) is 9.63. The van der Waals surface area contributed by atoms with Gasteiger partial charge in [0, 0.05) is 25.0 Å². The zero-order valence-corrected chi connectivity index (χ0v) is 14.6. The van der Waals surface area contributed by atoms with Gasteiger partial charge in [0.05, 0.1) is 6.54 Å². The summed E-state index contributed by atoms with van der Waals surface area (Å²) < 4.78 is 36.8. The highest BCUT2D eigenvalue weighted by Crippen LogP contribution is 2.22. The van der Waals surface area contributed by atoms with Gasteiger partial charge in [-0.1, -0.05) is 0 Å². The third-order valence-corrected chi connectivity index (χ3v) is 4.15. The average Bonchev–Trinajstić information content (AvgIpc) is 3.02. The zero-order valence-electron chi connectivity index (χ0n) is 12.1. The van der Waals surface area contributed by atoms with Crippen LogP contribution in [0.4, 0.5) is 13.2 Å². The smallest absolute Gasteiger partial charge is 0.350 e. The van der Waals surface area contributed by atoms with Crippen molar-refractivity contribution >= 4 is 42.1 Å².